The third-order valence-corrected chi connectivity index (χ3v) is 4.72. The van der Waals surface area contributed by atoms with E-state index in [9.17, 15) is 25.5 Å². The van der Waals surface area contributed by atoms with E-state index in [1.165, 1.54) is 0 Å². The summed E-state index contributed by atoms with van der Waals surface area (Å²) in [5.74, 6) is 0.209. The second-order valence-corrected chi connectivity index (χ2v) is 7.01. The number of ether oxygens (including phenoxy) is 1. The Bertz CT molecular complexity index is 657. The Morgan fingerprint density at radius 1 is 1.00 bits per heavy atom. The maximum atomic E-state index is 10.3. The van der Waals surface area contributed by atoms with Crippen molar-refractivity contribution in [1.82, 2.24) is 0 Å². The lowest BCUT2D eigenvalue weighted by atomic mass is 9.90. The van der Waals surface area contributed by atoms with E-state index in [0.29, 0.717) is 12.0 Å². The molecule has 0 unspecified atom stereocenters. The van der Waals surface area contributed by atoms with Gasteiger partial charge in [0.1, 0.15) is 36.3 Å². The van der Waals surface area contributed by atoms with E-state index in [4.69, 9.17) is 4.74 Å². The van der Waals surface area contributed by atoms with E-state index in [0.717, 1.165) is 16.7 Å². The lowest BCUT2D eigenvalue weighted by Crippen LogP contribution is -2.58. The van der Waals surface area contributed by atoms with Crippen molar-refractivity contribution in [3.63, 3.8) is 0 Å². The van der Waals surface area contributed by atoms with Crippen molar-refractivity contribution in [3.05, 3.63) is 52.6 Å². The van der Waals surface area contributed by atoms with Crippen molar-refractivity contribution in [1.29, 1.82) is 0 Å². The summed E-state index contributed by atoms with van der Waals surface area (Å²) in [6.07, 6.45) is -3.24. The number of phenolic OH excluding ortho intramolecular Hbond substituents is 1. The predicted molar refractivity (Wildman–Crippen MR) is 97.7 cm³/mol. The third kappa shape index (κ3) is 4.72. The molecule has 1 aromatic rings. The average Bonchev–Trinajstić information content (AvgIpc) is 2.61. The van der Waals surface area contributed by atoms with Gasteiger partial charge in [-0.25, -0.2) is 0 Å². The van der Waals surface area contributed by atoms with Crippen LogP contribution in [0.25, 0.3) is 0 Å². The minimum absolute atomic E-state index is 0.209. The number of aromatic hydroxyl groups is 1. The molecule has 0 aliphatic carbocycles. The van der Waals surface area contributed by atoms with E-state index in [2.05, 4.69) is 0 Å². The average molecular weight is 364 g/mol. The Kier molecular flexibility index (Phi) is 6.97. The molecule has 5 atom stereocenters. The van der Waals surface area contributed by atoms with E-state index >= 15 is 0 Å². The van der Waals surface area contributed by atoms with Gasteiger partial charge in [-0.05, 0) is 56.0 Å². The first kappa shape index (κ1) is 20.6. The number of aliphatic hydroxyl groups is 4. The molecule has 5 N–H and O–H groups in total. The first-order chi connectivity index (χ1) is 12.2. The third-order valence-electron chi connectivity index (χ3n) is 4.72. The van der Waals surface area contributed by atoms with Crippen LogP contribution in [-0.4, -0.2) is 62.7 Å². The van der Waals surface area contributed by atoms with E-state index in [1.54, 1.807) is 19.1 Å². The summed E-state index contributed by atoms with van der Waals surface area (Å²) in [6.45, 7) is 5.30. The van der Waals surface area contributed by atoms with Gasteiger partial charge in [-0.2, -0.15) is 0 Å². The summed E-state index contributed by atoms with van der Waals surface area (Å²) in [6, 6.07) is 6.95. The molecule has 6 heteroatoms. The predicted octanol–water partition coefficient (Wildman–Crippen LogP) is 1.06. The molecule has 1 saturated heterocycles. The maximum absolute atomic E-state index is 10.3. The van der Waals surface area contributed by atoms with Gasteiger partial charge in [-0.1, -0.05) is 23.8 Å². The van der Waals surface area contributed by atoms with Gasteiger partial charge in [0.25, 0.3) is 0 Å². The van der Waals surface area contributed by atoms with Crippen LogP contribution >= 0.6 is 0 Å². The van der Waals surface area contributed by atoms with Gasteiger partial charge in [0.15, 0.2) is 0 Å². The molecule has 2 rings (SSSR count). The van der Waals surface area contributed by atoms with Gasteiger partial charge in [0.05, 0.1) is 6.61 Å². The number of allylic oxidation sites excluding steroid dienone is 3. The molecule has 1 heterocycles. The zero-order valence-electron chi connectivity index (χ0n) is 15.3. The number of aliphatic hydroxyl groups excluding tert-OH is 4. The van der Waals surface area contributed by atoms with Gasteiger partial charge in [-0.3, -0.25) is 0 Å². The Morgan fingerprint density at radius 2 is 1.62 bits per heavy atom. The second kappa shape index (κ2) is 8.79. The summed E-state index contributed by atoms with van der Waals surface area (Å²) in [4.78, 5) is 0. The van der Waals surface area contributed by atoms with Crippen molar-refractivity contribution < 1.29 is 30.3 Å². The van der Waals surface area contributed by atoms with Gasteiger partial charge >= 0.3 is 0 Å². The summed E-state index contributed by atoms with van der Waals surface area (Å²) < 4.78 is 5.60. The van der Waals surface area contributed by atoms with Gasteiger partial charge < -0.3 is 30.3 Å². The molecule has 0 radical (unpaired) electrons. The van der Waals surface area contributed by atoms with Crippen LogP contribution < -0.4 is 0 Å². The first-order valence-electron chi connectivity index (χ1n) is 8.67. The number of hydrogen-bond acceptors (Lipinski definition) is 6. The molecule has 0 bridgehead atoms. The summed E-state index contributed by atoms with van der Waals surface area (Å²) in [5, 5.41) is 48.9. The highest BCUT2D eigenvalue weighted by Crippen LogP contribution is 2.27. The van der Waals surface area contributed by atoms with Crippen LogP contribution in [0.4, 0.5) is 0 Å². The maximum Gasteiger partial charge on any atom is 0.115 e. The Labute approximate surface area is 153 Å². The highest BCUT2D eigenvalue weighted by molar-refractivity contribution is 5.36. The quantitative estimate of drug-likeness (QED) is 0.500. The molecule has 0 amide bonds. The van der Waals surface area contributed by atoms with Crippen molar-refractivity contribution in [2.24, 2.45) is 0 Å². The fourth-order valence-electron chi connectivity index (χ4n) is 3.04. The molecule has 1 aliphatic rings. The highest BCUT2D eigenvalue weighted by atomic mass is 16.5. The Morgan fingerprint density at radius 3 is 2.15 bits per heavy atom. The van der Waals surface area contributed by atoms with Crippen LogP contribution in [-0.2, 0) is 11.2 Å². The molecule has 26 heavy (non-hydrogen) atoms. The van der Waals surface area contributed by atoms with Gasteiger partial charge in [-0.15, -0.1) is 0 Å². The Balaban J connectivity index is 2.23. The SMILES string of the molecule is CC(C)=C(/C=C(\C)[C@@H]1O[C@H](CO)[C@@H](O)[C@H](O)[C@H]1O)Cc1ccc(O)cc1. The number of benzene rings is 1. The standard InChI is InChI=1S/C20H28O6/c1-11(2)14(9-13-4-6-15(22)7-5-13)8-12(3)20-19(25)18(24)17(23)16(10-21)26-20/h4-8,16-25H,9-10H2,1-3H3/b12-8+/t16-,17-,18+,19-,20+/m1/s1. The highest BCUT2D eigenvalue weighted by Gasteiger charge is 2.43. The molecule has 0 aromatic heterocycles. The lowest BCUT2D eigenvalue weighted by molar-refractivity contribution is -0.219. The molecule has 0 saturated carbocycles. The zero-order chi connectivity index (χ0) is 19.4. The van der Waals surface area contributed by atoms with Crippen molar-refractivity contribution in [3.8, 4) is 5.75 Å². The van der Waals surface area contributed by atoms with Crippen molar-refractivity contribution in [2.75, 3.05) is 6.61 Å². The largest absolute Gasteiger partial charge is 0.508 e. The van der Waals surface area contributed by atoms with Crippen molar-refractivity contribution in [2.45, 2.75) is 57.7 Å². The zero-order valence-corrected chi connectivity index (χ0v) is 15.3. The smallest absolute Gasteiger partial charge is 0.115 e. The normalized spacial score (nSPS) is 29.5. The van der Waals surface area contributed by atoms with Crippen LogP contribution in [0.15, 0.2) is 47.1 Å². The van der Waals surface area contributed by atoms with Crippen molar-refractivity contribution >= 4 is 0 Å². The van der Waals surface area contributed by atoms with Gasteiger partial charge in [0, 0.05) is 0 Å². The van der Waals surface area contributed by atoms with Crippen LogP contribution in [0.3, 0.4) is 0 Å². The van der Waals surface area contributed by atoms with Crippen LogP contribution in [0.5, 0.6) is 5.75 Å². The Hall–Kier alpha value is -1.70. The topological polar surface area (TPSA) is 110 Å². The fraction of sp³-hybridized carbons (Fsp3) is 0.500. The summed E-state index contributed by atoms with van der Waals surface area (Å²) in [7, 11) is 0. The molecule has 6 nitrogen and oxygen atoms in total. The van der Waals surface area contributed by atoms with E-state index < -0.39 is 37.1 Å². The molecule has 1 aromatic carbocycles. The van der Waals surface area contributed by atoms with Crippen LogP contribution in [0, 0.1) is 0 Å². The lowest BCUT2D eigenvalue weighted by Gasteiger charge is -2.40. The van der Waals surface area contributed by atoms with E-state index in [-0.39, 0.29) is 5.75 Å². The van der Waals surface area contributed by atoms with Crippen LogP contribution in [0.2, 0.25) is 0 Å². The van der Waals surface area contributed by atoms with E-state index in [1.807, 2.05) is 32.1 Å². The molecule has 1 fully saturated rings. The molecular weight excluding hydrogens is 336 g/mol. The molecule has 1 aliphatic heterocycles. The number of phenols is 1. The summed E-state index contributed by atoms with van der Waals surface area (Å²) >= 11 is 0. The minimum Gasteiger partial charge on any atom is -0.508 e. The minimum atomic E-state index is -1.39. The molecule has 144 valence electrons. The molecular formula is C20H28O6. The summed E-state index contributed by atoms with van der Waals surface area (Å²) in [5.41, 5.74) is 3.82. The number of hydrogen-bond donors (Lipinski definition) is 5. The molecule has 0 spiro atoms. The van der Waals surface area contributed by atoms with Crippen LogP contribution in [0.1, 0.15) is 26.3 Å². The second-order valence-electron chi connectivity index (χ2n) is 7.01. The monoisotopic (exact) mass is 364 g/mol. The van der Waals surface area contributed by atoms with Gasteiger partial charge in [0.2, 0.25) is 0 Å². The first-order valence-corrected chi connectivity index (χ1v) is 8.67. The number of rotatable bonds is 5. The fourth-order valence-corrected chi connectivity index (χ4v) is 3.04.